The molecule has 2 N–H and O–H groups in total. The first-order valence-corrected chi connectivity index (χ1v) is 3.17. The molecule has 1 aromatic carbocycles. The van der Waals surface area contributed by atoms with Gasteiger partial charge in [0.15, 0.2) is 0 Å². The van der Waals surface area contributed by atoms with Crippen molar-refractivity contribution in [2.75, 3.05) is 0 Å². The van der Waals surface area contributed by atoms with Gasteiger partial charge in [0.2, 0.25) is 0 Å². The lowest BCUT2D eigenvalue weighted by molar-refractivity contribution is 0.260. The van der Waals surface area contributed by atoms with Gasteiger partial charge in [-0.15, -0.1) is 24.8 Å². The number of aliphatic hydroxyl groups is 2. The molecule has 1 aromatic rings. The highest BCUT2D eigenvalue weighted by Crippen LogP contribution is 2.07. The molecule has 0 atom stereocenters. The fourth-order valence-electron chi connectivity index (χ4n) is 0.866. The zero-order valence-electron chi connectivity index (χ0n) is 6.43. The summed E-state index contributed by atoms with van der Waals surface area (Å²) in [4.78, 5) is 0. The SMILES string of the molecule is Cl.Cl.OCc1ccccc1CO. The Balaban J connectivity index is 0. The molecule has 4 heteroatoms. The fraction of sp³-hybridized carbons (Fsp3) is 0.250. The van der Waals surface area contributed by atoms with Gasteiger partial charge in [0, 0.05) is 0 Å². The van der Waals surface area contributed by atoms with Gasteiger partial charge in [-0.25, -0.2) is 0 Å². The van der Waals surface area contributed by atoms with E-state index >= 15 is 0 Å². The van der Waals surface area contributed by atoms with E-state index in [2.05, 4.69) is 0 Å². The lowest BCUT2D eigenvalue weighted by atomic mass is 10.1. The van der Waals surface area contributed by atoms with E-state index in [0.29, 0.717) is 0 Å². The van der Waals surface area contributed by atoms with Crippen molar-refractivity contribution < 1.29 is 10.2 Å². The minimum atomic E-state index is -0.00324. The normalized spacial score (nSPS) is 8.17. The highest BCUT2D eigenvalue weighted by Gasteiger charge is 1.95. The molecule has 2 nitrogen and oxygen atoms in total. The maximum atomic E-state index is 8.74. The van der Waals surface area contributed by atoms with Crippen molar-refractivity contribution in [3.63, 3.8) is 0 Å². The standard InChI is InChI=1S/C8H10O2.2ClH/c9-5-7-3-1-2-4-8(7)6-10;;/h1-4,9-10H,5-6H2;2*1H. The predicted molar refractivity (Wildman–Crippen MR) is 52.8 cm³/mol. The van der Waals surface area contributed by atoms with Crippen molar-refractivity contribution in [2.45, 2.75) is 13.2 Å². The summed E-state index contributed by atoms with van der Waals surface area (Å²) in [6.07, 6.45) is 0. The second-order valence-electron chi connectivity index (χ2n) is 2.08. The van der Waals surface area contributed by atoms with Crippen LogP contribution in [0, 0.1) is 0 Å². The van der Waals surface area contributed by atoms with Crippen LogP contribution in [0.1, 0.15) is 11.1 Å². The largest absolute Gasteiger partial charge is 0.392 e. The summed E-state index contributed by atoms with van der Waals surface area (Å²) >= 11 is 0. The van der Waals surface area contributed by atoms with E-state index in [0.717, 1.165) is 11.1 Å². The van der Waals surface area contributed by atoms with Gasteiger partial charge in [-0.05, 0) is 11.1 Å². The van der Waals surface area contributed by atoms with Gasteiger partial charge in [-0.2, -0.15) is 0 Å². The van der Waals surface area contributed by atoms with Crippen LogP contribution in [0.15, 0.2) is 24.3 Å². The third kappa shape index (κ3) is 3.41. The maximum absolute atomic E-state index is 8.74. The molecule has 0 aromatic heterocycles. The Morgan fingerprint density at radius 1 is 0.833 bits per heavy atom. The molecule has 0 amide bonds. The van der Waals surface area contributed by atoms with E-state index in [-0.39, 0.29) is 38.0 Å². The summed E-state index contributed by atoms with van der Waals surface area (Å²) in [5, 5.41) is 17.5. The van der Waals surface area contributed by atoms with Crippen LogP contribution in [0.5, 0.6) is 0 Å². The third-order valence-electron chi connectivity index (χ3n) is 1.46. The van der Waals surface area contributed by atoms with Crippen LogP contribution >= 0.6 is 24.8 Å². The Labute approximate surface area is 84.1 Å². The minimum Gasteiger partial charge on any atom is -0.392 e. The topological polar surface area (TPSA) is 40.5 Å². The van der Waals surface area contributed by atoms with Gasteiger partial charge in [0.05, 0.1) is 13.2 Å². The lowest BCUT2D eigenvalue weighted by Gasteiger charge is -2.01. The molecule has 1 rings (SSSR count). The zero-order chi connectivity index (χ0) is 7.40. The summed E-state index contributed by atoms with van der Waals surface area (Å²) in [5.41, 5.74) is 1.59. The van der Waals surface area contributed by atoms with Gasteiger partial charge in [0.25, 0.3) is 0 Å². The van der Waals surface area contributed by atoms with Crippen LogP contribution in [-0.4, -0.2) is 10.2 Å². The smallest absolute Gasteiger partial charge is 0.0685 e. The first kappa shape index (κ1) is 14.3. The minimum absolute atomic E-state index is 0. The molecule has 0 aliphatic heterocycles. The summed E-state index contributed by atoms with van der Waals surface area (Å²) in [6.45, 7) is -0.00648. The number of hydrogen-bond donors (Lipinski definition) is 2. The fourth-order valence-corrected chi connectivity index (χ4v) is 0.866. The van der Waals surface area contributed by atoms with E-state index < -0.39 is 0 Å². The maximum Gasteiger partial charge on any atom is 0.0685 e. The zero-order valence-corrected chi connectivity index (χ0v) is 8.07. The van der Waals surface area contributed by atoms with Crippen LogP contribution < -0.4 is 0 Å². The molecule has 0 aliphatic rings. The molecular formula is C8H12Cl2O2. The molecule has 0 aliphatic carbocycles. The number of aliphatic hydroxyl groups excluding tert-OH is 2. The molecule has 0 saturated heterocycles. The van der Waals surface area contributed by atoms with Crippen molar-refractivity contribution in [2.24, 2.45) is 0 Å². The van der Waals surface area contributed by atoms with Crippen LogP contribution in [-0.2, 0) is 13.2 Å². The number of halogens is 2. The number of rotatable bonds is 2. The molecule has 12 heavy (non-hydrogen) atoms. The van der Waals surface area contributed by atoms with Crippen LogP contribution in [0.4, 0.5) is 0 Å². The van der Waals surface area contributed by atoms with Crippen molar-refractivity contribution in [1.29, 1.82) is 0 Å². The quantitative estimate of drug-likeness (QED) is 0.778. The molecule has 70 valence electrons. The van der Waals surface area contributed by atoms with Gasteiger partial charge in [-0.3, -0.25) is 0 Å². The molecule has 0 radical (unpaired) electrons. The summed E-state index contributed by atoms with van der Waals surface area (Å²) in [5.74, 6) is 0. The van der Waals surface area contributed by atoms with E-state index in [1.807, 2.05) is 12.1 Å². The number of hydrogen-bond acceptors (Lipinski definition) is 2. The first-order valence-electron chi connectivity index (χ1n) is 3.17. The monoisotopic (exact) mass is 210 g/mol. The van der Waals surface area contributed by atoms with Crippen LogP contribution in [0.3, 0.4) is 0 Å². The first-order chi connectivity index (χ1) is 4.88. The van der Waals surface area contributed by atoms with Gasteiger partial charge in [-0.1, -0.05) is 24.3 Å². The van der Waals surface area contributed by atoms with Crippen LogP contribution in [0.25, 0.3) is 0 Å². The molecule has 0 fully saturated rings. The molecule has 0 unspecified atom stereocenters. The predicted octanol–water partition coefficient (Wildman–Crippen LogP) is 1.51. The Morgan fingerprint density at radius 2 is 1.17 bits per heavy atom. The van der Waals surface area contributed by atoms with Crippen molar-refractivity contribution in [3.8, 4) is 0 Å². The molecule has 0 saturated carbocycles. The average Bonchev–Trinajstić information content (AvgIpc) is 2.04. The van der Waals surface area contributed by atoms with E-state index in [9.17, 15) is 0 Å². The third-order valence-corrected chi connectivity index (χ3v) is 1.46. The summed E-state index contributed by atoms with van der Waals surface area (Å²) in [7, 11) is 0. The molecule has 0 spiro atoms. The molecule has 0 heterocycles. The Bertz CT molecular complexity index is 193. The molecular weight excluding hydrogens is 199 g/mol. The van der Waals surface area contributed by atoms with Gasteiger partial charge < -0.3 is 10.2 Å². The second kappa shape index (κ2) is 7.37. The van der Waals surface area contributed by atoms with E-state index in [1.165, 1.54) is 0 Å². The van der Waals surface area contributed by atoms with E-state index in [4.69, 9.17) is 10.2 Å². The Hall–Kier alpha value is -0.280. The average molecular weight is 211 g/mol. The van der Waals surface area contributed by atoms with Gasteiger partial charge in [0.1, 0.15) is 0 Å². The van der Waals surface area contributed by atoms with Crippen molar-refractivity contribution >= 4 is 24.8 Å². The summed E-state index contributed by atoms with van der Waals surface area (Å²) < 4.78 is 0. The van der Waals surface area contributed by atoms with E-state index in [1.54, 1.807) is 12.1 Å². The highest BCUT2D eigenvalue weighted by atomic mass is 35.5. The lowest BCUT2D eigenvalue weighted by Crippen LogP contribution is -1.91. The Kier molecular flexibility index (Phi) is 8.76. The highest BCUT2D eigenvalue weighted by molar-refractivity contribution is 5.85. The Morgan fingerprint density at radius 3 is 1.42 bits per heavy atom. The van der Waals surface area contributed by atoms with Gasteiger partial charge >= 0.3 is 0 Å². The second-order valence-corrected chi connectivity index (χ2v) is 2.08. The summed E-state index contributed by atoms with van der Waals surface area (Å²) in [6, 6.07) is 7.27. The molecule has 0 bridgehead atoms. The van der Waals surface area contributed by atoms with Crippen molar-refractivity contribution in [3.05, 3.63) is 35.4 Å². The van der Waals surface area contributed by atoms with Crippen LogP contribution in [0.2, 0.25) is 0 Å². The van der Waals surface area contributed by atoms with Crippen molar-refractivity contribution in [1.82, 2.24) is 0 Å². The number of benzene rings is 1.